The zero-order valence-corrected chi connectivity index (χ0v) is 5.55. The van der Waals surface area contributed by atoms with Gasteiger partial charge < -0.3 is 9.84 Å². The topological polar surface area (TPSA) is 29.5 Å². The summed E-state index contributed by atoms with van der Waals surface area (Å²) in [5.74, 6) is 0.287. The average molecular weight is 118 g/mol. The molecule has 0 aromatic heterocycles. The molecule has 0 aliphatic rings. The summed E-state index contributed by atoms with van der Waals surface area (Å²) < 4.78 is 5.03. The highest BCUT2D eigenvalue weighted by Crippen LogP contribution is 1.91. The maximum atomic E-state index is 8.48. The molecule has 50 valence electrons. The summed E-state index contributed by atoms with van der Waals surface area (Å²) in [4.78, 5) is 0. The number of hydrogen-bond acceptors (Lipinski definition) is 2. The predicted molar refractivity (Wildman–Crippen MR) is 32.7 cm³/mol. The van der Waals surface area contributed by atoms with E-state index >= 15 is 0 Å². The molecule has 1 N–H and O–H groups in total. The minimum absolute atomic E-state index is 0.222. The fourth-order valence-corrected chi connectivity index (χ4v) is 0.372. The smallest absolute Gasteiger partial charge is 0.0513 e. The van der Waals surface area contributed by atoms with Gasteiger partial charge in [0.15, 0.2) is 0 Å². The molecule has 1 atom stereocenters. The van der Waals surface area contributed by atoms with Gasteiger partial charge in [0.05, 0.1) is 6.61 Å². The third-order valence-electron chi connectivity index (χ3n) is 0.918. The molecule has 2 nitrogen and oxygen atoms in total. The Labute approximate surface area is 50.5 Å². The second-order valence-electron chi connectivity index (χ2n) is 1.95. The van der Waals surface area contributed by atoms with Crippen LogP contribution in [0.2, 0.25) is 0 Å². The molecule has 8 heavy (non-hydrogen) atoms. The maximum Gasteiger partial charge on any atom is 0.0513 e. The molecule has 0 radical (unpaired) electrons. The lowest BCUT2D eigenvalue weighted by atomic mass is 10.2. The molecule has 0 rings (SSSR count). The zero-order valence-electron chi connectivity index (χ0n) is 5.55. The Morgan fingerprint density at radius 1 is 1.62 bits per heavy atom. The molecule has 0 bridgehead atoms. The number of aliphatic hydroxyl groups is 1. The van der Waals surface area contributed by atoms with Gasteiger partial charge in [-0.2, -0.15) is 0 Å². The lowest BCUT2D eigenvalue weighted by Gasteiger charge is -2.05. The summed E-state index contributed by atoms with van der Waals surface area (Å²) in [6.45, 7) is 5.54. The van der Waals surface area contributed by atoms with Crippen LogP contribution in [0.5, 0.6) is 0 Å². The molecule has 0 amide bonds. The van der Waals surface area contributed by atoms with Crippen molar-refractivity contribution in [1.29, 1.82) is 0 Å². The molecule has 0 aromatic carbocycles. The van der Waals surface area contributed by atoms with Gasteiger partial charge in [0.25, 0.3) is 0 Å². The van der Waals surface area contributed by atoms with Gasteiger partial charge in [0.2, 0.25) is 0 Å². The lowest BCUT2D eigenvalue weighted by Crippen LogP contribution is -2.09. The largest absolute Gasteiger partial charge is 0.396 e. The van der Waals surface area contributed by atoms with Crippen LogP contribution in [0.25, 0.3) is 0 Å². The lowest BCUT2D eigenvalue weighted by molar-refractivity contribution is 0.0885. The zero-order chi connectivity index (χ0) is 6.41. The molecule has 0 spiro atoms. The van der Waals surface area contributed by atoms with E-state index in [0.29, 0.717) is 6.61 Å². The van der Waals surface area contributed by atoms with Crippen LogP contribution in [0.4, 0.5) is 0 Å². The first-order chi connectivity index (χ1) is 3.81. The molecular formula is C6H14O2. The Morgan fingerprint density at radius 3 is 2.62 bits per heavy atom. The molecule has 1 unspecified atom stereocenters. The molecule has 0 heterocycles. The highest BCUT2D eigenvalue weighted by atomic mass is 16.5. The van der Waals surface area contributed by atoms with Crippen molar-refractivity contribution in [1.82, 2.24) is 0 Å². The number of rotatable bonds is 4. The summed E-state index contributed by atoms with van der Waals surface area (Å²) in [7, 11) is 0. The van der Waals surface area contributed by atoms with Crippen molar-refractivity contribution >= 4 is 0 Å². The monoisotopic (exact) mass is 118 g/mol. The van der Waals surface area contributed by atoms with Gasteiger partial charge in [-0.05, 0) is 6.92 Å². The van der Waals surface area contributed by atoms with Gasteiger partial charge in [-0.15, -0.1) is 0 Å². The molecule has 0 aliphatic carbocycles. The van der Waals surface area contributed by atoms with E-state index < -0.39 is 0 Å². The Morgan fingerprint density at radius 2 is 2.25 bits per heavy atom. The van der Waals surface area contributed by atoms with E-state index in [1.165, 1.54) is 0 Å². The van der Waals surface area contributed by atoms with E-state index in [4.69, 9.17) is 9.84 Å². The Balaban J connectivity index is 2.86. The van der Waals surface area contributed by atoms with E-state index in [1.807, 2.05) is 13.8 Å². The van der Waals surface area contributed by atoms with Gasteiger partial charge in [-0.1, -0.05) is 6.92 Å². The van der Waals surface area contributed by atoms with Crippen LogP contribution in [-0.4, -0.2) is 24.9 Å². The van der Waals surface area contributed by atoms with Crippen molar-refractivity contribution in [3.05, 3.63) is 0 Å². The van der Waals surface area contributed by atoms with Gasteiger partial charge in [0, 0.05) is 19.1 Å². The molecule has 0 fully saturated rings. The van der Waals surface area contributed by atoms with Gasteiger partial charge in [0.1, 0.15) is 0 Å². The number of aliphatic hydroxyl groups excluding tert-OH is 1. The van der Waals surface area contributed by atoms with Crippen LogP contribution in [0, 0.1) is 5.92 Å². The van der Waals surface area contributed by atoms with Crippen molar-refractivity contribution in [2.75, 3.05) is 19.8 Å². The average Bonchev–Trinajstić information content (AvgIpc) is 1.83. The fraction of sp³-hybridized carbons (Fsp3) is 1.00. The number of ether oxygens (including phenoxy) is 1. The Kier molecular flexibility index (Phi) is 5.01. The maximum absolute atomic E-state index is 8.48. The standard InChI is InChI=1S/C6H14O2/c1-3-8-5-6(2)4-7/h6-7H,3-5H2,1-2H3. The molecule has 0 aromatic rings. The SMILES string of the molecule is CCOCC(C)CO. The third kappa shape index (κ3) is 4.09. The van der Waals surface area contributed by atoms with Crippen LogP contribution in [0.15, 0.2) is 0 Å². The van der Waals surface area contributed by atoms with Crippen LogP contribution >= 0.6 is 0 Å². The second kappa shape index (κ2) is 5.06. The Hall–Kier alpha value is -0.0800. The highest BCUT2D eigenvalue weighted by Gasteiger charge is 1.96. The third-order valence-corrected chi connectivity index (χ3v) is 0.918. The second-order valence-corrected chi connectivity index (χ2v) is 1.95. The highest BCUT2D eigenvalue weighted by molar-refractivity contribution is 4.44. The van der Waals surface area contributed by atoms with E-state index in [2.05, 4.69) is 0 Å². The van der Waals surface area contributed by atoms with Crippen molar-refractivity contribution in [3.8, 4) is 0 Å². The molecule has 0 aliphatic heterocycles. The van der Waals surface area contributed by atoms with E-state index in [-0.39, 0.29) is 12.5 Å². The van der Waals surface area contributed by atoms with Crippen molar-refractivity contribution in [2.45, 2.75) is 13.8 Å². The Bertz CT molecular complexity index is 45.8. The normalized spacial score (nSPS) is 13.9. The van der Waals surface area contributed by atoms with Crippen LogP contribution in [0.3, 0.4) is 0 Å². The first-order valence-electron chi connectivity index (χ1n) is 2.99. The minimum Gasteiger partial charge on any atom is -0.396 e. The summed E-state index contributed by atoms with van der Waals surface area (Å²) in [6, 6.07) is 0. The summed E-state index contributed by atoms with van der Waals surface area (Å²) in [6.07, 6.45) is 0. The molecule has 2 heteroatoms. The number of hydrogen-bond donors (Lipinski definition) is 1. The fourth-order valence-electron chi connectivity index (χ4n) is 0.372. The quantitative estimate of drug-likeness (QED) is 0.587. The van der Waals surface area contributed by atoms with Crippen LogP contribution in [0.1, 0.15) is 13.8 Å². The van der Waals surface area contributed by atoms with Gasteiger partial charge in [-0.3, -0.25) is 0 Å². The summed E-state index contributed by atoms with van der Waals surface area (Å²) in [5.41, 5.74) is 0. The first kappa shape index (κ1) is 7.92. The first-order valence-corrected chi connectivity index (χ1v) is 2.99. The van der Waals surface area contributed by atoms with E-state index in [1.54, 1.807) is 0 Å². The molecular weight excluding hydrogens is 104 g/mol. The predicted octanol–water partition coefficient (Wildman–Crippen LogP) is 0.651. The van der Waals surface area contributed by atoms with Gasteiger partial charge in [-0.25, -0.2) is 0 Å². The van der Waals surface area contributed by atoms with Crippen LogP contribution in [-0.2, 0) is 4.74 Å². The van der Waals surface area contributed by atoms with Crippen LogP contribution < -0.4 is 0 Å². The summed E-state index contributed by atoms with van der Waals surface area (Å²) in [5, 5.41) is 8.48. The molecule has 0 saturated heterocycles. The molecule has 0 saturated carbocycles. The minimum atomic E-state index is 0.222. The van der Waals surface area contributed by atoms with Gasteiger partial charge >= 0.3 is 0 Å². The van der Waals surface area contributed by atoms with E-state index in [9.17, 15) is 0 Å². The van der Waals surface area contributed by atoms with Crippen molar-refractivity contribution in [3.63, 3.8) is 0 Å². The van der Waals surface area contributed by atoms with E-state index in [0.717, 1.165) is 6.61 Å². The van der Waals surface area contributed by atoms with Crippen molar-refractivity contribution in [2.24, 2.45) is 5.92 Å². The summed E-state index contributed by atoms with van der Waals surface area (Å²) >= 11 is 0. The van der Waals surface area contributed by atoms with Crippen molar-refractivity contribution < 1.29 is 9.84 Å².